The number of pyridine rings is 2. The molecule has 12 bridgehead atoms. The van der Waals surface area contributed by atoms with Crippen molar-refractivity contribution in [3.05, 3.63) is 92.8 Å². The zero-order valence-corrected chi connectivity index (χ0v) is 19.1. The van der Waals surface area contributed by atoms with Crippen LogP contribution >= 0.6 is 0 Å². The van der Waals surface area contributed by atoms with Gasteiger partial charge in [0.1, 0.15) is 16.6 Å². The molecule has 0 aliphatic rings. The molecule has 0 saturated carbocycles. The van der Waals surface area contributed by atoms with E-state index in [1.807, 2.05) is 0 Å². The van der Waals surface area contributed by atoms with E-state index < -0.39 is 34.4 Å². The van der Waals surface area contributed by atoms with Crippen LogP contribution in [0.3, 0.4) is 0 Å². The Balaban J connectivity index is 2.05. The highest BCUT2D eigenvalue weighted by molar-refractivity contribution is 6.06. The second kappa shape index (κ2) is 7.36. The average molecular weight is 506 g/mol. The van der Waals surface area contributed by atoms with Gasteiger partial charge in [0, 0.05) is 21.7 Å². The lowest BCUT2D eigenvalue weighted by molar-refractivity contribution is 0.0683. The predicted octanol–water partition coefficient (Wildman–Crippen LogP) is 2.93. The van der Waals surface area contributed by atoms with Crippen LogP contribution in [-0.4, -0.2) is 51.1 Å². The van der Waals surface area contributed by atoms with Crippen LogP contribution in [0.15, 0.2) is 70.3 Å². The Labute approximate surface area is 208 Å². The van der Waals surface area contributed by atoms with Crippen LogP contribution in [0.1, 0.15) is 21.0 Å². The van der Waals surface area contributed by atoms with Crippen molar-refractivity contribution in [2.24, 2.45) is 0 Å². The number of H-pyrrole nitrogens is 2. The number of carbonyl (C=O) groups is 2. The van der Waals surface area contributed by atoms with Crippen LogP contribution in [0.2, 0.25) is 0 Å². The van der Waals surface area contributed by atoms with Crippen molar-refractivity contribution < 1.29 is 19.8 Å². The van der Waals surface area contributed by atoms with E-state index in [-0.39, 0.29) is 27.7 Å². The third-order valence-electron chi connectivity index (χ3n) is 6.55. The second-order valence-corrected chi connectivity index (χ2v) is 8.75. The second-order valence-electron chi connectivity index (χ2n) is 8.75. The number of aromatic carboxylic acids is 2. The van der Waals surface area contributed by atoms with Crippen molar-refractivity contribution in [1.29, 1.82) is 0 Å². The van der Waals surface area contributed by atoms with E-state index in [1.165, 1.54) is 18.2 Å². The van der Waals surface area contributed by atoms with Crippen LogP contribution in [-0.2, 0) is 0 Å². The van der Waals surface area contributed by atoms with E-state index in [0.29, 0.717) is 27.2 Å². The molecule has 184 valence electrons. The normalized spacial score (nSPS) is 11.8. The molecule has 9 heterocycles. The highest BCUT2D eigenvalue weighted by Gasteiger charge is 2.25. The van der Waals surface area contributed by atoms with Gasteiger partial charge in [-0.2, -0.15) is 0 Å². The molecule has 0 saturated heterocycles. The number of nitrogens with one attached hydrogen (secondary N) is 2. The van der Waals surface area contributed by atoms with Gasteiger partial charge in [0.05, 0.1) is 11.0 Å². The Kier molecular flexibility index (Phi) is 4.17. The lowest BCUT2D eigenvalue weighted by atomic mass is 10.1. The fourth-order valence-electron chi connectivity index (χ4n) is 4.90. The largest absolute Gasteiger partial charge is 0.476 e. The number of hydrogen-bond donors (Lipinski definition) is 4. The molecule has 0 unspecified atom stereocenters. The molecule has 12 heteroatoms. The summed E-state index contributed by atoms with van der Waals surface area (Å²) >= 11 is 0. The number of aromatic amines is 2. The van der Waals surface area contributed by atoms with Gasteiger partial charge in [-0.25, -0.2) is 24.1 Å². The number of carboxylic acid groups (broad SMARTS) is 2. The van der Waals surface area contributed by atoms with Gasteiger partial charge in [0.15, 0.2) is 17.0 Å². The monoisotopic (exact) mass is 506 g/mol. The molecule has 0 radical (unpaired) electrons. The lowest BCUT2D eigenvalue weighted by Crippen LogP contribution is -2.23. The molecule has 12 nitrogen and oxygen atoms in total. The number of carboxylic acids is 2. The first-order valence-electron chi connectivity index (χ1n) is 11.3. The Bertz CT molecular complexity index is 2360. The van der Waals surface area contributed by atoms with Gasteiger partial charge in [-0.05, 0) is 42.5 Å². The summed E-state index contributed by atoms with van der Waals surface area (Å²) in [6.45, 7) is 0. The fraction of sp³-hybridized carbons (Fsp3) is 0. The number of fused-ring (bicyclic) bond motifs is 3. The smallest absolute Gasteiger partial charge is 0.356 e. The molecule has 4 N–H and O–H groups in total. The van der Waals surface area contributed by atoms with Crippen molar-refractivity contribution in [2.45, 2.75) is 0 Å². The number of aromatic nitrogens is 6. The zero-order chi connectivity index (χ0) is 26.3. The summed E-state index contributed by atoms with van der Waals surface area (Å²) in [5, 5.41) is 25.0. The third-order valence-corrected chi connectivity index (χ3v) is 6.55. The standard InChI is InChI=1S/C26H14N6O6/c33-23-17-6-1-11-9-13(3-5-15(11)27-17)19-20(25(35)36)31-14-4-8-16-12(10-14)2-7-18(28-16)24(34)30-32(19)22(29-23)21(31)26(37)38/h1-10H,(H,29,33)(H,30,34)(H,35,36)(H,37,38). The van der Waals surface area contributed by atoms with Crippen molar-refractivity contribution in [1.82, 2.24) is 29.0 Å². The molecule has 0 spiro atoms. The summed E-state index contributed by atoms with van der Waals surface area (Å²) in [6, 6.07) is 15.8. The number of nitrogens with zero attached hydrogens (tertiary/aromatic N) is 4. The van der Waals surface area contributed by atoms with E-state index in [1.54, 1.807) is 42.5 Å². The lowest BCUT2D eigenvalue weighted by Gasteiger charge is -2.16. The quantitative estimate of drug-likeness (QED) is 0.277. The van der Waals surface area contributed by atoms with Gasteiger partial charge in [-0.3, -0.25) is 19.1 Å². The van der Waals surface area contributed by atoms with Gasteiger partial charge in [-0.15, -0.1) is 0 Å². The molecular weight excluding hydrogens is 492 g/mol. The summed E-state index contributed by atoms with van der Waals surface area (Å²) in [7, 11) is 0. The molecule has 0 aliphatic heterocycles. The Morgan fingerprint density at radius 2 is 1.26 bits per heavy atom. The summed E-state index contributed by atoms with van der Waals surface area (Å²) in [5.74, 6) is -3.01. The van der Waals surface area contributed by atoms with Gasteiger partial charge in [-0.1, -0.05) is 18.2 Å². The Hall–Kier alpha value is -5.78. The third kappa shape index (κ3) is 2.91. The maximum absolute atomic E-state index is 13.4. The molecule has 11 aromatic rings. The van der Waals surface area contributed by atoms with E-state index >= 15 is 0 Å². The molecule has 0 atom stereocenters. The topological polar surface area (TPSA) is 175 Å². The first kappa shape index (κ1) is 21.5. The summed E-state index contributed by atoms with van der Waals surface area (Å²) in [4.78, 5) is 63.8. The molecular formula is C26H14N6O6. The minimum Gasteiger partial charge on any atom is -0.476 e. The van der Waals surface area contributed by atoms with E-state index in [9.17, 15) is 29.4 Å². The van der Waals surface area contributed by atoms with Crippen molar-refractivity contribution in [3.8, 4) is 0 Å². The van der Waals surface area contributed by atoms with E-state index in [4.69, 9.17) is 0 Å². The van der Waals surface area contributed by atoms with Crippen LogP contribution in [0.4, 0.5) is 0 Å². The van der Waals surface area contributed by atoms with Crippen LogP contribution in [0.5, 0.6) is 0 Å². The minimum absolute atomic E-state index is 0.000572. The van der Waals surface area contributed by atoms with Gasteiger partial charge >= 0.3 is 11.9 Å². The number of benzene rings is 2. The van der Waals surface area contributed by atoms with E-state index in [2.05, 4.69) is 20.1 Å². The van der Waals surface area contributed by atoms with Crippen LogP contribution < -0.4 is 11.1 Å². The number of rotatable bonds is 2. The Morgan fingerprint density at radius 3 is 1.95 bits per heavy atom. The first-order chi connectivity index (χ1) is 18.3. The Morgan fingerprint density at radius 1 is 0.684 bits per heavy atom. The van der Waals surface area contributed by atoms with Crippen molar-refractivity contribution in [3.63, 3.8) is 0 Å². The highest BCUT2D eigenvalue weighted by Crippen LogP contribution is 2.26. The number of hydrogen-bond acceptors (Lipinski definition) is 6. The van der Waals surface area contributed by atoms with Crippen LogP contribution in [0, 0.1) is 0 Å². The zero-order valence-electron chi connectivity index (χ0n) is 19.1. The van der Waals surface area contributed by atoms with Gasteiger partial charge in [0.2, 0.25) is 0 Å². The maximum atomic E-state index is 13.4. The molecule has 38 heavy (non-hydrogen) atoms. The van der Waals surface area contributed by atoms with Crippen molar-refractivity contribution in [2.75, 3.05) is 0 Å². The van der Waals surface area contributed by atoms with Crippen LogP contribution in [0.25, 0.3) is 54.9 Å². The van der Waals surface area contributed by atoms with Gasteiger partial charge < -0.3 is 15.2 Å². The predicted molar refractivity (Wildman–Crippen MR) is 138 cm³/mol. The minimum atomic E-state index is -1.55. The summed E-state index contributed by atoms with van der Waals surface area (Å²) < 4.78 is 2.03. The fourth-order valence-corrected chi connectivity index (χ4v) is 4.90. The first-order valence-corrected chi connectivity index (χ1v) is 11.3. The highest BCUT2D eigenvalue weighted by atomic mass is 16.4. The average Bonchev–Trinajstić information content (AvgIpc) is 2.92. The molecule has 0 aliphatic carbocycles. The summed E-state index contributed by atoms with van der Waals surface area (Å²) in [5.41, 5.74) is -1.89. The molecule has 11 rings (SSSR count). The molecule has 9 aromatic heterocycles. The van der Waals surface area contributed by atoms with E-state index in [0.717, 1.165) is 8.92 Å². The molecule has 2 aromatic carbocycles. The molecule has 0 amide bonds. The van der Waals surface area contributed by atoms with Gasteiger partial charge in [0.25, 0.3) is 11.1 Å². The summed E-state index contributed by atoms with van der Waals surface area (Å²) in [6.07, 6.45) is 0. The SMILES string of the molecule is O=C(O)c1c2[nH]c(=O)c3ccc4cc(ccc4n3)c3c(C(=O)O)n1c1ccc4nc(ccc4c1)c(=O)[nH]n23. The van der Waals surface area contributed by atoms with Crippen molar-refractivity contribution >= 4 is 66.8 Å². The maximum Gasteiger partial charge on any atom is 0.356 e. The molecule has 0 fully saturated rings.